The zero-order chi connectivity index (χ0) is 14.0. The van der Waals surface area contributed by atoms with Gasteiger partial charge in [-0.3, -0.25) is 4.79 Å². The van der Waals surface area contributed by atoms with Crippen LogP contribution < -0.4 is 5.32 Å². The molecule has 0 aliphatic carbocycles. The Morgan fingerprint density at radius 1 is 1.11 bits per heavy atom. The summed E-state index contributed by atoms with van der Waals surface area (Å²) in [6.07, 6.45) is 0. The lowest BCUT2D eigenvalue weighted by molar-refractivity contribution is 0.102. The smallest absolute Gasteiger partial charge is 0.255 e. The van der Waals surface area contributed by atoms with Crippen LogP contribution in [0, 0.1) is 11.6 Å². The second-order valence-corrected chi connectivity index (χ2v) is 5.14. The number of hydrogen-bond donors (Lipinski definition) is 2. The molecular formula is C13H8BrF2NOS. The number of nitrogens with one attached hydrogen (secondary N) is 1. The number of hydrogen-bond acceptors (Lipinski definition) is 2. The zero-order valence-electron chi connectivity index (χ0n) is 9.45. The summed E-state index contributed by atoms with van der Waals surface area (Å²) in [6, 6.07) is 7.92. The molecule has 0 aliphatic rings. The van der Waals surface area contributed by atoms with Crippen LogP contribution in [0.2, 0.25) is 0 Å². The molecule has 0 heterocycles. The summed E-state index contributed by atoms with van der Waals surface area (Å²) in [5.74, 6) is -1.61. The van der Waals surface area contributed by atoms with Crippen LogP contribution in [0.5, 0.6) is 0 Å². The van der Waals surface area contributed by atoms with E-state index in [1.807, 2.05) is 0 Å². The van der Waals surface area contributed by atoms with Gasteiger partial charge in [-0.05, 0) is 36.4 Å². The van der Waals surface area contributed by atoms with Crippen molar-refractivity contribution in [3.63, 3.8) is 0 Å². The van der Waals surface area contributed by atoms with Crippen molar-refractivity contribution in [2.75, 3.05) is 5.32 Å². The maximum atomic E-state index is 13.5. The van der Waals surface area contributed by atoms with E-state index in [2.05, 4.69) is 33.9 Å². The average Bonchev–Trinajstić information content (AvgIpc) is 2.37. The summed E-state index contributed by atoms with van der Waals surface area (Å²) in [6.45, 7) is 0. The third-order valence-electron chi connectivity index (χ3n) is 2.38. The van der Waals surface area contributed by atoms with Crippen molar-refractivity contribution in [1.82, 2.24) is 0 Å². The Morgan fingerprint density at radius 3 is 2.47 bits per heavy atom. The standard InChI is InChI=1S/C13H8BrF2NOS/c14-8-2-4-9(15)11(6-8)17-13(18)7-1-3-10(16)12(19)5-7/h1-6,19H,(H,17,18). The van der Waals surface area contributed by atoms with E-state index in [9.17, 15) is 13.6 Å². The van der Waals surface area contributed by atoms with E-state index in [0.717, 1.165) is 6.07 Å². The molecule has 0 saturated heterocycles. The lowest BCUT2D eigenvalue weighted by atomic mass is 10.2. The van der Waals surface area contributed by atoms with Gasteiger partial charge in [-0.25, -0.2) is 8.78 Å². The molecule has 0 radical (unpaired) electrons. The number of carbonyl (C=O) groups is 1. The van der Waals surface area contributed by atoms with Crippen molar-refractivity contribution >= 4 is 40.2 Å². The van der Waals surface area contributed by atoms with E-state index in [1.54, 1.807) is 0 Å². The second-order valence-electron chi connectivity index (χ2n) is 3.74. The SMILES string of the molecule is O=C(Nc1cc(Br)ccc1F)c1ccc(F)c(S)c1. The average molecular weight is 344 g/mol. The molecule has 2 nitrogen and oxygen atoms in total. The van der Waals surface area contributed by atoms with E-state index in [1.165, 1.54) is 30.3 Å². The fourth-order valence-electron chi connectivity index (χ4n) is 1.44. The normalized spacial score (nSPS) is 10.3. The van der Waals surface area contributed by atoms with Gasteiger partial charge in [-0.2, -0.15) is 0 Å². The molecule has 98 valence electrons. The van der Waals surface area contributed by atoms with E-state index >= 15 is 0 Å². The van der Waals surface area contributed by atoms with Gasteiger partial charge in [-0.15, -0.1) is 12.6 Å². The number of benzene rings is 2. The largest absolute Gasteiger partial charge is 0.319 e. The maximum absolute atomic E-state index is 13.5. The fourth-order valence-corrected chi connectivity index (χ4v) is 2.02. The third-order valence-corrected chi connectivity index (χ3v) is 3.22. The van der Waals surface area contributed by atoms with Gasteiger partial charge >= 0.3 is 0 Å². The Hall–Kier alpha value is -1.40. The number of carbonyl (C=O) groups excluding carboxylic acids is 1. The molecule has 0 fully saturated rings. The number of rotatable bonds is 2. The molecule has 0 saturated carbocycles. The van der Waals surface area contributed by atoms with Crippen LogP contribution >= 0.6 is 28.6 Å². The van der Waals surface area contributed by atoms with Gasteiger partial charge in [0, 0.05) is 14.9 Å². The maximum Gasteiger partial charge on any atom is 0.255 e. The molecule has 2 aromatic carbocycles. The van der Waals surface area contributed by atoms with Crippen molar-refractivity contribution in [3.8, 4) is 0 Å². The highest BCUT2D eigenvalue weighted by atomic mass is 79.9. The lowest BCUT2D eigenvalue weighted by Gasteiger charge is -2.07. The molecule has 0 atom stereocenters. The lowest BCUT2D eigenvalue weighted by Crippen LogP contribution is -2.13. The molecule has 0 unspecified atom stereocenters. The Balaban J connectivity index is 2.25. The van der Waals surface area contributed by atoms with Gasteiger partial charge in [0.2, 0.25) is 0 Å². The fraction of sp³-hybridized carbons (Fsp3) is 0. The number of thiol groups is 1. The Morgan fingerprint density at radius 2 is 1.79 bits per heavy atom. The molecule has 2 aromatic rings. The first-order valence-electron chi connectivity index (χ1n) is 5.22. The predicted octanol–water partition coefficient (Wildman–Crippen LogP) is 4.27. The molecule has 1 N–H and O–H groups in total. The van der Waals surface area contributed by atoms with E-state index in [0.29, 0.717) is 4.47 Å². The van der Waals surface area contributed by atoms with Crippen molar-refractivity contribution in [1.29, 1.82) is 0 Å². The van der Waals surface area contributed by atoms with Gasteiger partial charge in [0.05, 0.1) is 5.69 Å². The highest BCUT2D eigenvalue weighted by Crippen LogP contribution is 2.21. The van der Waals surface area contributed by atoms with Crippen LogP contribution in [0.4, 0.5) is 14.5 Å². The molecule has 0 bridgehead atoms. The molecule has 0 aromatic heterocycles. The third kappa shape index (κ3) is 3.33. The van der Waals surface area contributed by atoms with E-state index < -0.39 is 17.5 Å². The Bertz CT molecular complexity index is 649. The second kappa shape index (κ2) is 5.71. The Labute approximate surface area is 122 Å². The van der Waals surface area contributed by atoms with Gasteiger partial charge < -0.3 is 5.32 Å². The quantitative estimate of drug-likeness (QED) is 0.783. The first kappa shape index (κ1) is 14.0. The number of anilines is 1. The Kier molecular flexibility index (Phi) is 4.21. The highest BCUT2D eigenvalue weighted by Gasteiger charge is 2.11. The van der Waals surface area contributed by atoms with Crippen molar-refractivity contribution in [3.05, 3.63) is 58.1 Å². The van der Waals surface area contributed by atoms with Crippen molar-refractivity contribution in [2.45, 2.75) is 4.90 Å². The first-order chi connectivity index (χ1) is 8.97. The summed E-state index contributed by atoms with van der Waals surface area (Å²) < 4.78 is 27.1. The molecule has 1 amide bonds. The summed E-state index contributed by atoms with van der Waals surface area (Å²) in [5.41, 5.74) is 0.246. The summed E-state index contributed by atoms with van der Waals surface area (Å²) in [7, 11) is 0. The minimum Gasteiger partial charge on any atom is -0.319 e. The van der Waals surface area contributed by atoms with Gasteiger partial charge in [0.15, 0.2) is 0 Å². The number of amides is 1. The molecular weight excluding hydrogens is 336 g/mol. The van der Waals surface area contributed by atoms with Crippen molar-refractivity contribution < 1.29 is 13.6 Å². The molecule has 19 heavy (non-hydrogen) atoms. The van der Waals surface area contributed by atoms with Crippen LogP contribution in [0.25, 0.3) is 0 Å². The first-order valence-corrected chi connectivity index (χ1v) is 6.46. The monoisotopic (exact) mass is 343 g/mol. The molecule has 0 spiro atoms. The minimum atomic E-state index is -0.551. The van der Waals surface area contributed by atoms with E-state index in [-0.39, 0.29) is 16.1 Å². The van der Waals surface area contributed by atoms with Gasteiger partial charge in [0.1, 0.15) is 11.6 Å². The highest BCUT2D eigenvalue weighted by molar-refractivity contribution is 9.10. The van der Waals surface area contributed by atoms with Gasteiger partial charge in [0.25, 0.3) is 5.91 Å². The van der Waals surface area contributed by atoms with Crippen LogP contribution in [0.3, 0.4) is 0 Å². The summed E-state index contributed by atoms with van der Waals surface area (Å²) in [5, 5.41) is 2.41. The summed E-state index contributed by atoms with van der Waals surface area (Å²) in [4.78, 5) is 11.9. The van der Waals surface area contributed by atoms with Gasteiger partial charge in [-0.1, -0.05) is 15.9 Å². The topological polar surface area (TPSA) is 29.1 Å². The predicted molar refractivity (Wildman–Crippen MR) is 75.7 cm³/mol. The van der Waals surface area contributed by atoms with Crippen LogP contribution in [-0.2, 0) is 0 Å². The minimum absolute atomic E-state index is 0.0458. The van der Waals surface area contributed by atoms with Crippen LogP contribution in [0.1, 0.15) is 10.4 Å². The van der Waals surface area contributed by atoms with E-state index in [4.69, 9.17) is 0 Å². The van der Waals surface area contributed by atoms with Crippen molar-refractivity contribution in [2.24, 2.45) is 0 Å². The molecule has 6 heteroatoms. The summed E-state index contributed by atoms with van der Waals surface area (Å²) >= 11 is 7.07. The van der Waals surface area contributed by atoms with Crippen LogP contribution in [0.15, 0.2) is 45.8 Å². The number of halogens is 3. The van der Waals surface area contributed by atoms with Crippen LogP contribution in [-0.4, -0.2) is 5.91 Å². The zero-order valence-corrected chi connectivity index (χ0v) is 11.9. The molecule has 2 rings (SSSR count). The molecule has 0 aliphatic heterocycles.